The predicted octanol–water partition coefficient (Wildman–Crippen LogP) is 1.14. The van der Waals surface area contributed by atoms with Crippen LogP contribution in [0.2, 0.25) is 0 Å². The molecule has 0 saturated carbocycles. The van der Waals surface area contributed by atoms with Crippen molar-refractivity contribution in [2.45, 2.75) is 6.92 Å². The van der Waals surface area contributed by atoms with Gasteiger partial charge in [0, 0.05) is 0 Å². The van der Waals surface area contributed by atoms with Crippen LogP contribution in [0.4, 0.5) is 5.95 Å². The van der Waals surface area contributed by atoms with E-state index in [1.807, 2.05) is 6.92 Å². The molecule has 0 aliphatic carbocycles. The Balaban J connectivity index is 2.21. The first-order valence-corrected chi connectivity index (χ1v) is 4.91. The van der Waals surface area contributed by atoms with Crippen molar-refractivity contribution in [2.75, 3.05) is 5.32 Å². The van der Waals surface area contributed by atoms with Gasteiger partial charge in [0.1, 0.15) is 5.75 Å². The number of aryl methyl sites for hydroxylation is 1. The van der Waals surface area contributed by atoms with E-state index in [2.05, 4.69) is 20.5 Å². The van der Waals surface area contributed by atoms with Crippen LogP contribution >= 0.6 is 0 Å². The third kappa shape index (κ3) is 2.54. The minimum Gasteiger partial charge on any atom is -0.507 e. The van der Waals surface area contributed by atoms with E-state index in [9.17, 15) is 9.90 Å². The second-order valence-corrected chi connectivity index (χ2v) is 3.44. The van der Waals surface area contributed by atoms with Crippen LogP contribution in [0.3, 0.4) is 0 Å². The summed E-state index contributed by atoms with van der Waals surface area (Å²) < 4.78 is 0. The van der Waals surface area contributed by atoms with Gasteiger partial charge in [-0.15, -0.1) is 5.10 Å². The van der Waals surface area contributed by atoms with Crippen LogP contribution in [-0.4, -0.2) is 26.2 Å². The molecule has 0 atom stereocenters. The number of nitrogens with zero attached hydrogens (tertiary/aromatic N) is 3. The molecule has 1 amide bonds. The number of hydrogen-bond acceptors (Lipinski definition) is 5. The molecule has 0 spiro atoms. The first-order chi connectivity index (χ1) is 8.16. The molecule has 0 unspecified atom stereocenters. The fraction of sp³-hybridized carbons (Fsp3) is 0.0909. The van der Waals surface area contributed by atoms with Crippen LogP contribution in [0.1, 0.15) is 15.9 Å². The molecular formula is C11H10N4O2. The number of amides is 1. The highest BCUT2D eigenvalue weighted by Gasteiger charge is 2.12. The van der Waals surface area contributed by atoms with E-state index >= 15 is 0 Å². The third-order valence-electron chi connectivity index (χ3n) is 2.11. The van der Waals surface area contributed by atoms with Gasteiger partial charge < -0.3 is 5.11 Å². The van der Waals surface area contributed by atoms with Crippen molar-refractivity contribution in [1.29, 1.82) is 0 Å². The van der Waals surface area contributed by atoms with E-state index in [0.717, 1.165) is 5.56 Å². The average molecular weight is 230 g/mol. The Bertz CT molecular complexity index is 542. The van der Waals surface area contributed by atoms with Crippen LogP contribution in [0.5, 0.6) is 5.75 Å². The zero-order valence-corrected chi connectivity index (χ0v) is 9.08. The Hall–Kier alpha value is -2.50. The molecule has 6 heteroatoms. The van der Waals surface area contributed by atoms with Crippen molar-refractivity contribution in [3.63, 3.8) is 0 Å². The van der Waals surface area contributed by atoms with Gasteiger partial charge in [-0.25, -0.2) is 4.98 Å². The molecule has 6 nitrogen and oxygen atoms in total. The molecule has 0 bridgehead atoms. The van der Waals surface area contributed by atoms with Gasteiger partial charge in [0.15, 0.2) is 0 Å². The number of nitrogens with one attached hydrogen (secondary N) is 1. The van der Waals surface area contributed by atoms with Crippen molar-refractivity contribution in [3.8, 4) is 5.75 Å². The summed E-state index contributed by atoms with van der Waals surface area (Å²) in [6, 6.07) is 4.79. The lowest BCUT2D eigenvalue weighted by Crippen LogP contribution is -2.14. The third-order valence-corrected chi connectivity index (χ3v) is 2.11. The molecule has 17 heavy (non-hydrogen) atoms. The van der Waals surface area contributed by atoms with Crippen LogP contribution in [-0.2, 0) is 0 Å². The molecule has 2 aromatic rings. The van der Waals surface area contributed by atoms with E-state index in [-0.39, 0.29) is 17.3 Å². The Kier molecular flexibility index (Phi) is 2.95. The summed E-state index contributed by atoms with van der Waals surface area (Å²) in [7, 11) is 0. The van der Waals surface area contributed by atoms with Crippen molar-refractivity contribution >= 4 is 11.9 Å². The summed E-state index contributed by atoms with van der Waals surface area (Å²) in [5.41, 5.74) is 1.04. The number of hydrogen-bond donors (Lipinski definition) is 2. The van der Waals surface area contributed by atoms with Gasteiger partial charge in [-0.05, 0) is 24.6 Å². The van der Waals surface area contributed by atoms with Crippen molar-refractivity contribution < 1.29 is 9.90 Å². The van der Waals surface area contributed by atoms with Crippen molar-refractivity contribution in [2.24, 2.45) is 0 Å². The van der Waals surface area contributed by atoms with Crippen molar-refractivity contribution in [3.05, 3.63) is 41.7 Å². The number of carbonyl (C=O) groups excluding carboxylic acids is 1. The lowest BCUT2D eigenvalue weighted by Gasteiger charge is -2.05. The lowest BCUT2D eigenvalue weighted by molar-refractivity contribution is 0.102. The molecule has 0 fully saturated rings. The number of rotatable bonds is 2. The van der Waals surface area contributed by atoms with Gasteiger partial charge in [-0.3, -0.25) is 10.1 Å². The highest BCUT2D eigenvalue weighted by molar-refractivity contribution is 6.05. The number of phenols is 1. The number of carbonyl (C=O) groups is 1. The molecule has 0 radical (unpaired) electrons. The first-order valence-electron chi connectivity index (χ1n) is 4.91. The summed E-state index contributed by atoms with van der Waals surface area (Å²) in [6.07, 6.45) is 2.82. The minimum atomic E-state index is -0.476. The minimum absolute atomic E-state index is 0.0774. The summed E-state index contributed by atoms with van der Waals surface area (Å²) in [4.78, 5) is 15.6. The standard InChI is InChI=1S/C11H10N4O2/c1-7-2-3-8(9(16)6-7)10(17)14-11-12-4-5-13-15-11/h2-6,16H,1H3,(H,12,14,15,17). The first kappa shape index (κ1) is 11.0. The van der Waals surface area contributed by atoms with Gasteiger partial charge in [0.05, 0.1) is 18.0 Å². The predicted molar refractivity (Wildman–Crippen MR) is 60.6 cm³/mol. The largest absolute Gasteiger partial charge is 0.507 e. The molecule has 0 aliphatic heterocycles. The van der Waals surface area contributed by atoms with E-state index in [0.29, 0.717) is 0 Å². The summed E-state index contributed by atoms with van der Waals surface area (Å²) in [6.45, 7) is 1.83. The van der Waals surface area contributed by atoms with Gasteiger partial charge in [-0.2, -0.15) is 5.10 Å². The smallest absolute Gasteiger partial charge is 0.261 e. The van der Waals surface area contributed by atoms with Crippen LogP contribution in [0.25, 0.3) is 0 Å². The maximum Gasteiger partial charge on any atom is 0.261 e. The molecule has 86 valence electrons. The quantitative estimate of drug-likeness (QED) is 0.807. The van der Waals surface area contributed by atoms with Crippen LogP contribution in [0, 0.1) is 6.92 Å². The Morgan fingerprint density at radius 3 is 2.82 bits per heavy atom. The summed E-state index contributed by atoms with van der Waals surface area (Å²) in [5, 5.41) is 19.3. The molecule has 0 saturated heterocycles. The molecule has 1 aromatic heterocycles. The number of aromatic nitrogens is 3. The molecule has 1 heterocycles. The molecule has 2 N–H and O–H groups in total. The van der Waals surface area contributed by atoms with Gasteiger partial charge in [0.25, 0.3) is 5.91 Å². The molecule has 0 aliphatic rings. The molecule has 2 rings (SSSR count). The number of aromatic hydroxyl groups is 1. The van der Waals surface area contributed by atoms with Crippen molar-refractivity contribution in [1.82, 2.24) is 15.2 Å². The Morgan fingerprint density at radius 2 is 2.18 bits per heavy atom. The second-order valence-electron chi connectivity index (χ2n) is 3.44. The Labute approximate surface area is 97.4 Å². The zero-order chi connectivity index (χ0) is 12.3. The van der Waals surface area contributed by atoms with Crippen LogP contribution < -0.4 is 5.32 Å². The SMILES string of the molecule is Cc1ccc(C(=O)Nc2nccnn2)c(O)c1. The lowest BCUT2D eigenvalue weighted by atomic mass is 10.1. The highest BCUT2D eigenvalue weighted by Crippen LogP contribution is 2.18. The maximum absolute atomic E-state index is 11.8. The van der Waals surface area contributed by atoms with Gasteiger partial charge in [0.2, 0.25) is 5.95 Å². The van der Waals surface area contributed by atoms with E-state index in [1.54, 1.807) is 6.07 Å². The summed E-state index contributed by atoms with van der Waals surface area (Å²) in [5.74, 6) is -0.459. The number of phenolic OH excluding ortho intramolecular Hbond substituents is 1. The zero-order valence-electron chi connectivity index (χ0n) is 9.08. The normalized spacial score (nSPS) is 9.94. The highest BCUT2D eigenvalue weighted by atomic mass is 16.3. The van der Waals surface area contributed by atoms with E-state index in [1.165, 1.54) is 24.5 Å². The summed E-state index contributed by atoms with van der Waals surface area (Å²) >= 11 is 0. The fourth-order valence-electron chi connectivity index (χ4n) is 1.31. The Morgan fingerprint density at radius 1 is 1.35 bits per heavy atom. The van der Waals surface area contributed by atoms with E-state index in [4.69, 9.17) is 0 Å². The number of benzene rings is 1. The fourth-order valence-corrected chi connectivity index (χ4v) is 1.31. The second kappa shape index (κ2) is 4.56. The topological polar surface area (TPSA) is 88.0 Å². The molecular weight excluding hydrogens is 220 g/mol. The monoisotopic (exact) mass is 230 g/mol. The maximum atomic E-state index is 11.8. The molecule has 1 aromatic carbocycles. The average Bonchev–Trinajstić information content (AvgIpc) is 2.30. The van der Waals surface area contributed by atoms with E-state index < -0.39 is 5.91 Å². The van der Waals surface area contributed by atoms with Gasteiger partial charge >= 0.3 is 0 Å². The van der Waals surface area contributed by atoms with Crippen LogP contribution in [0.15, 0.2) is 30.6 Å². The van der Waals surface area contributed by atoms with Gasteiger partial charge in [-0.1, -0.05) is 6.07 Å². The number of anilines is 1.